The van der Waals surface area contributed by atoms with Crippen molar-refractivity contribution in [3.8, 4) is 0 Å². The molecule has 3 nitrogen and oxygen atoms in total. The highest BCUT2D eigenvalue weighted by molar-refractivity contribution is 5.62. The Morgan fingerprint density at radius 3 is 2.35 bits per heavy atom. The van der Waals surface area contributed by atoms with E-state index < -0.39 is 5.72 Å². The molecular weight excluding hydrogens is 291 g/mol. The van der Waals surface area contributed by atoms with E-state index in [1.807, 2.05) is 64.2 Å². The second-order valence-corrected chi connectivity index (χ2v) is 5.68. The van der Waals surface area contributed by atoms with Crippen LogP contribution in [-0.4, -0.2) is 5.11 Å². The highest BCUT2D eigenvalue weighted by Gasteiger charge is 2.52. The van der Waals surface area contributed by atoms with E-state index in [1.165, 1.54) is 12.1 Å². The van der Waals surface area contributed by atoms with Gasteiger partial charge in [-0.1, -0.05) is 24.3 Å². The van der Waals surface area contributed by atoms with E-state index in [2.05, 4.69) is 0 Å². The first kappa shape index (κ1) is 13.9. The minimum Gasteiger partial charge on any atom is -0.346 e. The number of benzene rings is 2. The number of aromatic nitrogens is 1. The fraction of sp³-hybridized carbons (Fsp3) is 0.105. The molecule has 2 aromatic carbocycles. The third kappa shape index (κ3) is 2.19. The first-order valence-electron chi connectivity index (χ1n) is 7.51. The molecule has 0 fully saturated rings. The molecule has 0 saturated carbocycles. The van der Waals surface area contributed by atoms with Crippen LogP contribution in [0.3, 0.4) is 0 Å². The molecule has 0 bridgehead atoms. The van der Waals surface area contributed by atoms with Crippen LogP contribution in [0, 0.1) is 5.82 Å². The van der Waals surface area contributed by atoms with Crippen LogP contribution in [0.4, 0.5) is 15.9 Å². The predicted octanol–water partition coefficient (Wildman–Crippen LogP) is 3.11. The van der Waals surface area contributed by atoms with Gasteiger partial charge in [-0.05, 0) is 42.5 Å². The number of anilines is 2. The van der Waals surface area contributed by atoms with Crippen LogP contribution in [0.5, 0.6) is 0 Å². The highest BCUT2D eigenvalue weighted by atomic mass is 19.1. The van der Waals surface area contributed by atoms with Gasteiger partial charge in [-0.25, -0.2) is 8.96 Å². The van der Waals surface area contributed by atoms with Crippen molar-refractivity contribution in [3.63, 3.8) is 0 Å². The molecule has 0 aliphatic carbocycles. The summed E-state index contributed by atoms with van der Waals surface area (Å²) in [5.41, 5.74) is 0.284. The third-order valence-corrected chi connectivity index (χ3v) is 4.23. The summed E-state index contributed by atoms with van der Waals surface area (Å²) in [4.78, 5) is 1.89. The molecule has 1 atom stereocenters. The fourth-order valence-electron chi connectivity index (χ4n) is 3.16. The maximum Gasteiger partial charge on any atom is 0.284 e. The van der Waals surface area contributed by atoms with Crippen molar-refractivity contribution in [1.29, 1.82) is 0 Å². The summed E-state index contributed by atoms with van der Waals surface area (Å²) in [6, 6.07) is 21.6. The zero-order valence-corrected chi connectivity index (χ0v) is 12.4. The molecule has 0 spiro atoms. The summed E-state index contributed by atoms with van der Waals surface area (Å²) in [6.45, 7) is 0.379. The first-order chi connectivity index (χ1) is 11.2. The maximum absolute atomic E-state index is 13.3. The molecule has 1 aromatic heterocycles. The van der Waals surface area contributed by atoms with E-state index in [0.717, 1.165) is 11.5 Å². The van der Waals surface area contributed by atoms with Crippen molar-refractivity contribution < 1.29 is 14.1 Å². The van der Waals surface area contributed by atoms with Gasteiger partial charge >= 0.3 is 0 Å². The summed E-state index contributed by atoms with van der Waals surface area (Å²) < 4.78 is 15.3. The number of pyridine rings is 1. The van der Waals surface area contributed by atoms with Gasteiger partial charge in [0.15, 0.2) is 6.54 Å². The van der Waals surface area contributed by atoms with Crippen LogP contribution < -0.4 is 9.47 Å². The third-order valence-electron chi connectivity index (χ3n) is 4.23. The minimum atomic E-state index is -1.26. The van der Waals surface area contributed by atoms with E-state index in [1.54, 1.807) is 12.1 Å². The lowest BCUT2D eigenvalue weighted by Gasteiger charge is -2.27. The molecule has 4 heteroatoms. The minimum absolute atomic E-state index is 0.313. The average molecular weight is 307 g/mol. The van der Waals surface area contributed by atoms with Crippen molar-refractivity contribution >= 4 is 11.5 Å². The van der Waals surface area contributed by atoms with E-state index in [0.29, 0.717) is 12.1 Å². The molecule has 23 heavy (non-hydrogen) atoms. The topological polar surface area (TPSA) is 27.4 Å². The Kier molecular flexibility index (Phi) is 3.13. The first-order valence-corrected chi connectivity index (χ1v) is 7.51. The summed E-state index contributed by atoms with van der Waals surface area (Å²) in [5.74, 6) is 0.581. The molecule has 0 amide bonds. The molecule has 4 rings (SSSR count). The Labute approximate surface area is 133 Å². The van der Waals surface area contributed by atoms with Crippen molar-refractivity contribution in [1.82, 2.24) is 0 Å². The monoisotopic (exact) mass is 307 g/mol. The van der Waals surface area contributed by atoms with Crippen LogP contribution in [0.2, 0.25) is 0 Å². The summed E-state index contributed by atoms with van der Waals surface area (Å²) in [5, 5.41) is 11.5. The second-order valence-electron chi connectivity index (χ2n) is 5.68. The number of aliphatic hydroxyl groups is 1. The van der Waals surface area contributed by atoms with Crippen LogP contribution >= 0.6 is 0 Å². The Morgan fingerprint density at radius 2 is 1.61 bits per heavy atom. The van der Waals surface area contributed by atoms with Crippen LogP contribution in [0.1, 0.15) is 5.56 Å². The molecule has 0 radical (unpaired) electrons. The molecule has 114 valence electrons. The molecule has 1 N–H and O–H groups in total. The Bertz CT molecular complexity index is 836. The summed E-state index contributed by atoms with van der Waals surface area (Å²) >= 11 is 0. The van der Waals surface area contributed by atoms with Crippen LogP contribution in [-0.2, 0) is 12.3 Å². The van der Waals surface area contributed by atoms with E-state index in [4.69, 9.17) is 0 Å². The number of nitrogens with zero attached hydrogens (tertiary/aromatic N) is 2. The SMILES string of the molecule is O[C@]1(c2ccc(F)cc2)C[n+]2ccccc2N1c1ccccc1. The number of halogens is 1. The quantitative estimate of drug-likeness (QED) is 0.737. The molecule has 0 saturated heterocycles. The Balaban J connectivity index is 1.91. The molecule has 0 unspecified atom stereocenters. The van der Waals surface area contributed by atoms with Crippen molar-refractivity contribution in [2.75, 3.05) is 4.90 Å². The standard InChI is InChI=1S/C19H16FN2O/c20-16-11-9-15(10-12-16)19(23)14-21-13-5-4-8-18(21)22(19)17-6-2-1-3-7-17/h1-13,23H,14H2/q+1/t19-/m0/s1. The van der Waals surface area contributed by atoms with E-state index in [-0.39, 0.29) is 5.82 Å². The summed E-state index contributed by atoms with van der Waals surface area (Å²) in [7, 11) is 0. The van der Waals surface area contributed by atoms with Gasteiger partial charge in [-0.3, -0.25) is 0 Å². The Hall–Kier alpha value is -2.72. The van der Waals surface area contributed by atoms with E-state index in [9.17, 15) is 9.50 Å². The van der Waals surface area contributed by atoms with Gasteiger partial charge < -0.3 is 5.11 Å². The zero-order valence-electron chi connectivity index (χ0n) is 12.4. The van der Waals surface area contributed by atoms with E-state index >= 15 is 0 Å². The number of hydrogen-bond acceptors (Lipinski definition) is 2. The van der Waals surface area contributed by atoms with Gasteiger partial charge in [0.05, 0.1) is 6.20 Å². The highest BCUT2D eigenvalue weighted by Crippen LogP contribution is 2.40. The molecule has 1 aliphatic rings. The maximum atomic E-state index is 13.3. The molecule has 1 aliphatic heterocycles. The van der Waals surface area contributed by atoms with Crippen LogP contribution in [0.15, 0.2) is 79.0 Å². The lowest BCUT2D eigenvalue weighted by atomic mass is 10.0. The van der Waals surface area contributed by atoms with Crippen molar-refractivity contribution in [3.05, 3.63) is 90.4 Å². The normalized spacial score (nSPS) is 19.7. The van der Waals surface area contributed by atoms with Gasteiger partial charge in [-0.2, -0.15) is 4.90 Å². The number of rotatable bonds is 2. The number of fused-ring (bicyclic) bond motifs is 1. The molecule has 2 heterocycles. The zero-order chi connectivity index (χ0) is 15.9. The van der Waals surface area contributed by atoms with Gasteiger partial charge in [-0.15, -0.1) is 0 Å². The second kappa shape index (κ2) is 5.18. The van der Waals surface area contributed by atoms with Gasteiger partial charge in [0.2, 0.25) is 0 Å². The smallest absolute Gasteiger partial charge is 0.284 e. The summed E-state index contributed by atoms with van der Waals surface area (Å²) in [6.07, 6.45) is 1.94. The van der Waals surface area contributed by atoms with Gasteiger partial charge in [0, 0.05) is 11.6 Å². The van der Waals surface area contributed by atoms with Gasteiger partial charge in [0.25, 0.3) is 11.5 Å². The lowest BCUT2D eigenvalue weighted by Crippen LogP contribution is -2.43. The van der Waals surface area contributed by atoms with Crippen molar-refractivity contribution in [2.24, 2.45) is 0 Å². The molecule has 3 aromatic rings. The number of hydrogen-bond donors (Lipinski definition) is 1. The fourth-order valence-corrected chi connectivity index (χ4v) is 3.16. The van der Waals surface area contributed by atoms with Gasteiger partial charge in [0.1, 0.15) is 11.5 Å². The van der Waals surface area contributed by atoms with Crippen molar-refractivity contribution in [2.45, 2.75) is 12.3 Å². The largest absolute Gasteiger partial charge is 0.346 e. The van der Waals surface area contributed by atoms with Crippen LogP contribution in [0.25, 0.3) is 0 Å². The molecular formula is C19H16FN2O+. The lowest BCUT2D eigenvalue weighted by molar-refractivity contribution is -0.683. The number of para-hydroxylation sites is 1. The predicted molar refractivity (Wildman–Crippen MR) is 85.5 cm³/mol. The Morgan fingerprint density at radius 1 is 0.913 bits per heavy atom. The average Bonchev–Trinajstić information content (AvgIpc) is 2.89.